The SMILES string of the molecule is CC(O)CSCCSCCSCCSCC(C)O. The molecule has 0 bridgehead atoms. The van der Waals surface area contributed by atoms with Gasteiger partial charge in [-0.15, -0.1) is 0 Å². The minimum absolute atomic E-state index is 0.172. The summed E-state index contributed by atoms with van der Waals surface area (Å²) in [6, 6.07) is 0. The average Bonchev–Trinajstić information content (AvgIpc) is 2.29. The largest absolute Gasteiger partial charge is 0.393 e. The Morgan fingerprint density at radius 3 is 1.17 bits per heavy atom. The highest BCUT2D eigenvalue weighted by molar-refractivity contribution is 8.05. The Bertz CT molecular complexity index is 150. The summed E-state index contributed by atoms with van der Waals surface area (Å²) in [5.74, 6) is 8.83. The minimum atomic E-state index is -0.172. The molecule has 0 spiro atoms. The maximum Gasteiger partial charge on any atom is 0.0602 e. The van der Waals surface area contributed by atoms with E-state index in [0.717, 1.165) is 23.0 Å². The topological polar surface area (TPSA) is 40.5 Å². The van der Waals surface area contributed by atoms with Crippen molar-refractivity contribution in [3.8, 4) is 0 Å². The lowest BCUT2D eigenvalue weighted by Gasteiger charge is -2.05. The predicted molar refractivity (Wildman–Crippen MR) is 92.7 cm³/mol. The molecule has 0 saturated carbocycles. The Morgan fingerprint density at radius 2 is 0.889 bits per heavy atom. The molecule has 0 aliphatic carbocycles. The Balaban J connectivity index is 2.95. The van der Waals surface area contributed by atoms with Gasteiger partial charge in [0, 0.05) is 46.0 Å². The van der Waals surface area contributed by atoms with Crippen LogP contribution in [-0.4, -0.2) is 68.4 Å². The van der Waals surface area contributed by atoms with Crippen molar-refractivity contribution in [2.45, 2.75) is 26.1 Å². The molecular formula is C12H26O2S4. The summed E-state index contributed by atoms with van der Waals surface area (Å²) in [6.45, 7) is 3.68. The normalized spacial score (nSPS) is 14.7. The highest BCUT2D eigenvalue weighted by Crippen LogP contribution is 2.12. The molecule has 18 heavy (non-hydrogen) atoms. The predicted octanol–water partition coefficient (Wildman–Crippen LogP) is 2.68. The third kappa shape index (κ3) is 17.3. The van der Waals surface area contributed by atoms with E-state index >= 15 is 0 Å². The molecule has 2 N–H and O–H groups in total. The van der Waals surface area contributed by atoms with E-state index in [2.05, 4.69) is 0 Å². The smallest absolute Gasteiger partial charge is 0.0602 e. The molecular weight excluding hydrogens is 304 g/mol. The first-order valence-electron chi connectivity index (χ1n) is 6.30. The Morgan fingerprint density at radius 1 is 0.611 bits per heavy atom. The first-order chi connectivity index (χ1) is 8.63. The molecule has 2 nitrogen and oxygen atoms in total. The van der Waals surface area contributed by atoms with Gasteiger partial charge < -0.3 is 10.2 Å². The van der Waals surface area contributed by atoms with Crippen molar-refractivity contribution >= 4 is 47.0 Å². The van der Waals surface area contributed by atoms with Crippen molar-refractivity contribution in [3.63, 3.8) is 0 Å². The van der Waals surface area contributed by atoms with Crippen LogP contribution in [0.5, 0.6) is 0 Å². The fraction of sp³-hybridized carbons (Fsp3) is 1.00. The van der Waals surface area contributed by atoms with Crippen LogP contribution in [0.3, 0.4) is 0 Å². The highest BCUT2D eigenvalue weighted by atomic mass is 32.2. The lowest BCUT2D eigenvalue weighted by molar-refractivity contribution is 0.220. The number of thioether (sulfide) groups is 4. The summed E-state index contributed by atoms with van der Waals surface area (Å²) >= 11 is 7.68. The van der Waals surface area contributed by atoms with Gasteiger partial charge in [-0.1, -0.05) is 0 Å². The van der Waals surface area contributed by atoms with E-state index in [-0.39, 0.29) is 12.2 Å². The van der Waals surface area contributed by atoms with Gasteiger partial charge >= 0.3 is 0 Å². The molecule has 0 saturated heterocycles. The standard InChI is InChI=1S/C12H26O2S4/c1-11(13)9-17-7-5-15-3-4-16-6-8-18-10-12(2)14/h11-14H,3-10H2,1-2H3. The van der Waals surface area contributed by atoms with E-state index in [1.54, 1.807) is 0 Å². The second-order valence-electron chi connectivity index (χ2n) is 4.07. The first kappa shape index (κ1) is 19.3. The molecule has 0 aliphatic heterocycles. The van der Waals surface area contributed by atoms with Gasteiger partial charge in [0.25, 0.3) is 0 Å². The molecule has 0 rings (SSSR count). The van der Waals surface area contributed by atoms with Gasteiger partial charge in [0.2, 0.25) is 0 Å². The summed E-state index contributed by atoms with van der Waals surface area (Å²) in [5.41, 5.74) is 0. The molecule has 0 aromatic heterocycles. The quantitative estimate of drug-likeness (QED) is 0.506. The van der Waals surface area contributed by atoms with Gasteiger partial charge in [0.05, 0.1) is 12.2 Å². The number of hydrogen-bond donors (Lipinski definition) is 2. The fourth-order valence-electron chi connectivity index (χ4n) is 1.07. The van der Waals surface area contributed by atoms with Crippen LogP contribution in [0.15, 0.2) is 0 Å². The molecule has 0 radical (unpaired) electrons. The molecule has 110 valence electrons. The first-order valence-corrected chi connectivity index (χ1v) is 10.9. The third-order valence-electron chi connectivity index (χ3n) is 1.83. The number of aliphatic hydroxyl groups excluding tert-OH is 2. The molecule has 0 aliphatic rings. The molecule has 0 aromatic carbocycles. The Kier molecular flexibility index (Phi) is 15.8. The molecule has 2 unspecified atom stereocenters. The van der Waals surface area contributed by atoms with Crippen molar-refractivity contribution in [2.75, 3.05) is 46.0 Å². The summed E-state index contributed by atoms with van der Waals surface area (Å²) in [6.07, 6.45) is -0.343. The molecule has 0 heterocycles. The van der Waals surface area contributed by atoms with Crippen molar-refractivity contribution in [1.82, 2.24) is 0 Å². The van der Waals surface area contributed by atoms with Crippen LogP contribution < -0.4 is 0 Å². The second kappa shape index (κ2) is 14.7. The Labute approximate surface area is 129 Å². The number of rotatable bonds is 13. The lowest BCUT2D eigenvalue weighted by Crippen LogP contribution is -2.04. The summed E-state index contributed by atoms with van der Waals surface area (Å²) in [4.78, 5) is 0. The van der Waals surface area contributed by atoms with Crippen LogP contribution in [-0.2, 0) is 0 Å². The van der Waals surface area contributed by atoms with E-state index in [1.165, 1.54) is 23.0 Å². The van der Waals surface area contributed by atoms with E-state index in [1.807, 2.05) is 60.9 Å². The lowest BCUT2D eigenvalue weighted by atomic mass is 10.5. The van der Waals surface area contributed by atoms with E-state index in [4.69, 9.17) is 10.2 Å². The van der Waals surface area contributed by atoms with E-state index < -0.39 is 0 Å². The van der Waals surface area contributed by atoms with E-state index in [9.17, 15) is 0 Å². The van der Waals surface area contributed by atoms with Crippen LogP contribution in [0.1, 0.15) is 13.8 Å². The van der Waals surface area contributed by atoms with Crippen LogP contribution in [0.4, 0.5) is 0 Å². The molecule has 0 amide bonds. The zero-order valence-corrected chi connectivity index (χ0v) is 14.6. The van der Waals surface area contributed by atoms with Gasteiger partial charge in [-0.3, -0.25) is 0 Å². The van der Waals surface area contributed by atoms with Gasteiger partial charge in [0.1, 0.15) is 0 Å². The third-order valence-corrected chi connectivity index (χ3v) is 7.00. The van der Waals surface area contributed by atoms with Crippen molar-refractivity contribution in [3.05, 3.63) is 0 Å². The van der Waals surface area contributed by atoms with Gasteiger partial charge in [-0.25, -0.2) is 0 Å². The van der Waals surface area contributed by atoms with Gasteiger partial charge in [-0.2, -0.15) is 47.0 Å². The molecule has 2 atom stereocenters. The zero-order chi connectivity index (χ0) is 13.6. The van der Waals surface area contributed by atoms with Crippen molar-refractivity contribution < 1.29 is 10.2 Å². The molecule has 0 fully saturated rings. The van der Waals surface area contributed by atoms with Gasteiger partial charge in [0.15, 0.2) is 0 Å². The molecule has 6 heteroatoms. The molecule has 0 aromatic rings. The summed E-state index contributed by atoms with van der Waals surface area (Å²) in [5, 5.41) is 18.2. The second-order valence-corrected chi connectivity index (χ2v) is 8.82. The fourth-order valence-corrected chi connectivity index (χ4v) is 5.32. The van der Waals surface area contributed by atoms with Crippen molar-refractivity contribution in [2.24, 2.45) is 0 Å². The average molecular weight is 331 g/mol. The number of aliphatic hydroxyl groups is 2. The summed E-state index contributed by atoms with van der Waals surface area (Å²) in [7, 11) is 0. The highest BCUT2D eigenvalue weighted by Gasteiger charge is 1.97. The van der Waals surface area contributed by atoms with Crippen molar-refractivity contribution in [1.29, 1.82) is 0 Å². The van der Waals surface area contributed by atoms with Crippen LogP contribution in [0, 0.1) is 0 Å². The van der Waals surface area contributed by atoms with Crippen LogP contribution in [0.25, 0.3) is 0 Å². The summed E-state index contributed by atoms with van der Waals surface area (Å²) < 4.78 is 0. The number of hydrogen-bond acceptors (Lipinski definition) is 6. The Hall–Kier alpha value is 1.32. The van der Waals surface area contributed by atoms with Gasteiger partial charge in [-0.05, 0) is 13.8 Å². The maximum atomic E-state index is 9.08. The monoisotopic (exact) mass is 330 g/mol. The zero-order valence-electron chi connectivity index (χ0n) is 11.3. The van der Waals surface area contributed by atoms with E-state index in [0.29, 0.717) is 0 Å². The maximum absolute atomic E-state index is 9.08. The minimum Gasteiger partial charge on any atom is -0.393 e. The van der Waals surface area contributed by atoms with Crippen LogP contribution in [0.2, 0.25) is 0 Å². The van der Waals surface area contributed by atoms with Crippen LogP contribution >= 0.6 is 47.0 Å².